The molecule has 0 radical (unpaired) electrons. The number of nitrogens with one attached hydrogen (secondary N) is 3. The number of likely N-dealkylation sites (tertiary alicyclic amines) is 1. The van der Waals surface area contributed by atoms with E-state index in [9.17, 15) is 24.4 Å². The van der Waals surface area contributed by atoms with Crippen molar-refractivity contribution in [1.82, 2.24) is 20.9 Å². The molecule has 1 aliphatic carbocycles. The highest BCUT2D eigenvalue weighted by molar-refractivity contribution is 5.83. The second kappa shape index (κ2) is 17.6. The smallest absolute Gasteiger partial charge is 0.408 e. The fourth-order valence-corrected chi connectivity index (χ4v) is 5.19. The van der Waals surface area contributed by atoms with Crippen molar-refractivity contribution in [3.63, 3.8) is 0 Å². The van der Waals surface area contributed by atoms with E-state index in [1.807, 2.05) is 20.0 Å². The van der Waals surface area contributed by atoms with Gasteiger partial charge in [0.1, 0.15) is 17.9 Å². The van der Waals surface area contributed by atoms with Gasteiger partial charge in [-0.3, -0.25) is 14.5 Å². The molecule has 3 unspecified atom stereocenters. The van der Waals surface area contributed by atoms with Gasteiger partial charge in [-0.25, -0.2) is 4.79 Å². The predicted molar refractivity (Wildman–Crippen MR) is 151 cm³/mol. The molecule has 1 heterocycles. The molecule has 0 aromatic heterocycles. The molecule has 3 amide bonds. The summed E-state index contributed by atoms with van der Waals surface area (Å²) in [5.74, 6) is 1.26. The van der Waals surface area contributed by atoms with Gasteiger partial charge in [-0.2, -0.15) is 5.26 Å². The SMILES string of the molecule is CC(/C=C\CC[C@@H](C=O)NC(=O)OC(C)(C)C)CCC(C#N)NC(=O)C1[C@H]2CCC[C@H]2CN1C.CCNC=O. The minimum Gasteiger partial charge on any atom is -0.444 e. The summed E-state index contributed by atoms with van der Waals surface area (Å²) >= 11 is 0. The zero-order valence-corrected chi connectivity index (χ0v) is 24.6. The molecular weight excluding hydrogens is 498 g/mol. The van der Waals surface area contributed by atoms with Crippen LogP contribution in [0.25, 0.3) is 0 Å². The van der Waals surface area contributed by atoms with E-state index in [-0.39, 0.29) is 17.9 Å². The Bertz CT molecular complexity index is 850. The van der Waals surface area contributed by atoms with Crippen molar-refractivity contribution in [3.8, 4) is 6.07 Å². The number of alkyl carbamates (subject to hydrolysis) is 1. The summed E-state index contributed by atoms with van der Waals surface area (Å²) in [6.45, 7) is 10.9. The predicted octanol–water partition coefficient (Wildman–Crippen LogP) is 3.32. The zero-order valence-electron chi connectivity index (χ0n) is 24.6. The standard InChI is InChI=1S/C26H42N4O4.C3H7NO/c1-18(9-6-7-11-21(17-31)29-25(33)34-26(2,3)4)13-14-20(15-27)28-24(32)23-22-12-8-10-19(22)16-30(23)5;1-2-4-3-5/h6,9,17-23H,7-8,10-14,16H2,1-5H3,(H,28,32)(H,29,33);3H,2H2,1H3,(H,4,5)/b9-6-;/t18?,19-,20?,21-,22-,23?;/m0./s1. The quantitative estimate of drug-likeness (QED) is 0.237. The number of nitriles is 1. The topological polar surface area (TPSA) is 141 Å². The van der Waals surface area contributed by atoms with Gasteiger partial charge in [0.15, 0.2) is 0 Å². The Morgan fingerprint density at radius 1 is 1.15 bits per heavy atom. The van der Waals surface area contributed by atoms with E-state index in [0.29, 0.717) is 37.5 Å². The van der Waals surface area contributed by atoms with E-state index in [1.54, 1.807) is 20.8 Å². The molecule has 2 aliphatic rings. The fourth-order valence-electron chi connectivity index (χ4n) is 5.19. The first-order valence-corrected chi connectivity index (χ1v) is 14.1. The highest BCUT2D eigenvalue weighted by atomic mass is 16.6. The number of ether oxygens (including phenoxy) is 1. The van der Waals surface area contributed by atoms with Gasteiger partial charge < -0.3 is 25.5 Å². The maximum atomic E-state index is 12.9. The maximum absolute atomic E-state index is 12.9. The van der Waals surface area contributed by atoms with Crippen LogP contribution in [0.5, 0.6) is 0 Å². The van der Waals surface area contributed by atoms with Gasteiger partial charge in [-0.1, -0.05) is 25.5 Å². The van der Waals surface area contributed by atoms with Gasteiger partial charge in [-0.05, 0) is 91.0 Å². The first-order chi connectivity index (χ1) is 18.4. The fraction of sp³-hybridized carbons (Fsp3) is 0.759. The van der Waals surface area contributed by atoms with Gasteiger partial charge in [-0.15, -0.1) is 0 Å². The number of nitrogens with zero attached hydrogens (tertiary/aromatic N) is 2. The van der Waals surface area contributed by atoms with E-state index in [2.05, 4.69) is 39.9 Å². The lowest BCUT2D eigenvalue weighted by atomic mass is 9.93. The van der Waals surface area contributed by atoms with Crippen molar-refractivity contribution < 1.29 is 23.9 Å². The molecule has 1 saturated carbocycles. The molecular formula is C29H49N5O5. The number of aldehydes is 1. The number of carbonyl (C=O) groups is 4. The van der Waals surface area contributed by atoms with E-state index in [1.165, 1.54) is 12.8 Å². The summed E-state index contributed by atoms with van der Waals surface area (Å²) in [7, 11) is 2.01. The first kappa shape index (κ1) is 34.1. The second-order valence-electron chi connectivity index (χ2n) is 11.6. The number of hydrogen-bond donors (Lipinski definition) is 3. The Kier molecular flexibility index (Phi) is 15.4. The zero-order chi connectivity index (χ0) is 29.4. The summed E-state index contributed by atoms with van der Waals surface area (Å²) < 4.78 is 5.18. The number of hydrogen-bond acceptors (Lipinski definition) is 7. The van der Waals surface area contributed by atoms with Crippen molar-refractivity contribution in [3.05, 3.63) is 12.2 Å². The molecule has 0 aromatic carbocycles. The van der Waals surface area contributed by atoms with Gasteiger partial charge in [0.05, 0.1) is 18.2 Å². The van der Waals surface area contributed by atoms with Crippen LogP contribution in [0.15, 0.2) is 12.2 Å². The van der Waals surface area contributed by atoms with Crippen LogP contribution in [-0.2, 0) is 19.1 Å². The van der Waals surface area contributed by atoms with Crippen LogP contribution in [-0.4, -0.2) is 73.5 Å². The van der Waals surface area contributed by atoms with E-state index >= 15 is 0 Å². The molecule has 220 valence electrons. The van der Waals surface area contributed by atoms with Crippen molar-refractivity contribution >= 4 is 24.7 Å². The molecule has 0 bridgehead atoms. The Balaban J connectivity index is 0.00000139. The number of allylic oxidation sites excluding steroid dienone is 2. The molecule has 1 aliphatic heterocycles. The highest BCUT2D eigenvalue weighted by Crippen LogP contribution is 2.41. The Hall–Kier alpha value is -2.93. The van der Waals surface area contributed by atoms with E-state index in [0.717, 1.165) is 32.2 Å². The third-order valence-corrected chi connectivity index (χ3v) is 7.04. The number of rotatable bonds is 13. The maximum Gasteiger partial charge on any atom is 0.408 e. The average molecular weight is 548 g/mol. The molecule has 39 heavy (non-hydrogen) atoms. The molecule has 0 spiro atoms. The second-order valence-corrected chi connectivity index (χ2v) is 11.6. The third kappa shape index (κ3) is 13.1. The molecule has 2 fully saturated rings. The van der Waals surface area contributed by atoms with Crippen molar-refractivity contribution in [2.45, 2.75) is 103 Å². The molecule has 6 atom stereocenters. The van der Waals surface area contributed by atoms with E-state index in [4.69, 9.17) is 4.74 Å². The minimum atomic E-state index is -0.612. The highest BCUT2D eigenvalue weighted by Gasteiger charge is 2.46. The Labute approximate surface area is 234 Å². The molecule has 1 saturated heterocycles. The lowest BCUT2D eigenvalue weighted by Crippen LogP contribution is -2.48. The summed E-state index contributed by atoms with van der Waals surface area (Å²) in [6, 6.07) is 1.05. The summed E-state index contributed by atoms with van der Waals surface area (Å²) in [5, 5.41) is 17.5. The average Bonchev–Trinajstić information content (AvgIpc) is 3.43. The molecule has 10 heteroatoms. The lowest BCUT2D eigenvalue weighted by molar-refractivity contribution is -0.126. The van der Waals surface area contributed by atoms with Crippen LogP contribution < -0.4 is 16.0 Å². The summed E-state index contributed by atoms with van der Waals surface area (Å²) in [6.07, 6.45) is 10.8. The monoisotopic (exact) mass is 547 g/mol. The number of likely N-dealkylation sites (N-methyl/N-ethyl adjacent to an activating group) is 1. The van der Waals surface area contributed by atoms with Gasteiger partial charge >= 0.3 is 6.09 Å². The summed E-state index contributed by atoms with van der Waals surface area (Å²) in [5.41, 5.74) is -0.612. The number of amides is 3. The Morgan fingerprint density at radius 3 is 2.44 bits per heavy atom. The largest absolute Gasteiger partial charge is 0.444 e. The number of carbonyl (C=O) groups excluding carboxylic acids is 4. The van der Waals surface area contributed by atoms with Gasteiger partial charge in [0.25, 0.3) is 0 Å². The lowest BCUT2D eigenvalue weighted by Gasteiger charge is -2.24. The van der Waals surface area contributed by atoms with Crippen LogP contribution in [0.2, 0.25) is 0 Å². The van der Waals surface area contributed by atoms with Crippen LogP contribution in [0.4, 0.5) is 4.79 Å². The van der Waals surface area contributed by atoms with Crippen LogP contribution in [0.1, 0.15) is 79.6 Å². The molecule has 10 nitrogen and oxygen atoms in total. The first-order valence-electron chi connectivity index (χ1n) is 14.1. The van der Waals surface area contributed by atoms with Gasteiger partial charge in [0.2, 0.25) is 12.3 Å². The molecule has 2 rings (SSSR count). The third-order valence-electron chi connectivity index (χ3n) is 7.04. The van der Waals surface area contributed by atoms with Gasteiger partial charge in [0, 0.05) is 13.1 Å². The summed E-state index contributed by atoms with van der Waals surface area (Å²) in [4.78, 5) is 47.4. The molecule has 0 aromatic rings. The van der Waals surface area contributed by atoms with Crippen LogP contribution in [0.3, 0.4) is 0 Å². The van der Waals surface area contributed by atoms with Crippen LogP contribution >= 0.6 is 0 Å². The Morgan fingerprint density at radius 2 is 1.87 bits per heavy atom. The number of fused-ring (bicyclic) bond motifs is 1. The van der Waals surface area contributed by atoms with Crippen molar-refractivity contribution in [1.29, 1.82) is 5.26 Å². The van der Waals surface area contributed by atoms with Crippen molar-refractivity contribution in [2.75, 3.05) is 20.1 Å². The minimum absolute atomic E-state index is 0.0102. The normalized spacial score (nSPS) is 22.8. The molecule has 3 N–H and O–H groups in total. The van der Waals surface area contributed by atoms with Crippen molar-refractivity contribution in [2.24, 2.45) is 17.8 Å². The van der Waals surface area contributed by atoms with Crippen LogP contribution in [0, 0.1) is 29.1 Å². The van der Waals surface area contributed by atoms with E-state index < -0.39 is 23.8 Å².